The minimum absolute atomic E-state index is 0.0499. The van der Waals surface area contributed by atoms with Gasteiger partial charge >= 0.3 is 6.03 Å². The van der Waals surface area contributed by atoms with Crippen molar-refractivity contribution in [2.24, 2.45) is 0 Å². The molecule has 1 aliphatic rings. The summed E-state index contributed by atoms with van der Waals surface area (Å²) in [6.07, 6.45) is 0. The Bertz CT molecular complexity index is 790. The summed E-state index contributed by atoms with van der Waals surface area (Å²) in [4.78, 5) is 28.7. The minimum Gasteiger partial charge on any atom is -0.335 e. The molecular formula is C20H22ClN3O2. The summed E-state index contributed by atoms with van der Waals surface area (Å²) < 4.78 is 0. The second-order valence-electron chi connectivity index (χ2n) is 6.48. The van der Waals surface area contributed by atoms with E-state index in [1.54, 1.807) is 22.8 Å². The van der Waals surface area contributed by atoms with Crippen molar-refractivity contribution in [3.8, 4) is 0 Å². The zero-order valence-electron chi connectivity index (χ0n) is 14.9. The van der Waals surface area contributed by atoms with Gasteiger partial charge in [0.1, 0.15) is 6.04 Å². The third kappa shape index (κ3) is 3.83. The highest BCUT2D eigenvalue weighted by Crippen LogP contribution is 2.26. The number of anilines is 1. The highest BCUT2D eigenvalue weighted by molar-refractivity contribution is 6.33. The maximum atomic E-state index is 12.7. The van der Waals surface area contributed by atoms with Crippen LogP contribution in [-0.4, -0.2) is 40.9 Å². The van der Waals surface area contributed by atoms with E-state index < -0.39 is 6.04 Å². The molecule has 1 heterocycles. The van der Waals surface area contributed by atoms with E-state index in [2.05, 4.69) is 5.32 Å². The molecule has 0 aliphatic carbocycles. The number of urea groups is 1. The van der Waals surface area contributed by atoms with Crippen LogP contribution in [0.3, 0.4) is 0 Å². The van der Waals surface area contributed by atoms with Gasteiger partial charge in [-0.3, -0.25) is 4.79 Å². The number of amides is 3. The third-order valence-corrected chi connectivity index (χ3v) is 4.99. The van der Waals surface area contributed by atoms with Crippen LogP contribution in [0.1, 0.15) is 18.1 Å². The Morgan fingerprint density at radius 1 is 1.15 bits per heavy atom. The molecule has 1 aliphatic heterocycles. The summed E-state index contributed by atoms with van der Waals surface area (Å²) in [5.41, 5.74) is 2.55. The highest BCUT2D eigenvalue weighted by Gasteiger charge is 2.34. The fraction of sp³-hybridized carbons (Fsp3) is 0.300. The molecule has 0 saturated carbocycles. The van der Waals surface area contributed by atoms with Crippen molar-refractivity contribution in [3.63, 3.8) is 0 Å². The van der Waals surface area contributed by atoms with Gasteiger partial charge < -0.3 is 15.1 Å². The molecule has 0 bridgehead atoms. The number of piperazine rings is 1. The maximum Gasteiger partial charge on any atom is 0.322 e. The Labute approximate surface area is 158 Å². The van der Waals surface area contributed by atoms with E-state index in [1.807, 2.05) is 49.4 Å². The first-order valence-electron chi connectivity index (χ1n) is 8.63. The predicted molar refractivity (Wildman–Crippen MR) is 103 cm³/mol. The number of carbonyl (C=O) groups excluding carboxylic acids is 2. The summed E-state index contributed by atoms with van der Waals surface area (Å²) in [7, 11) is 0. The molecule has 6 heteroatoms. The molecule has 3 rings (SSSR count). The number of aryl methyl sites for hydroxylation is 1. The molecule has 0 spiro atoms. The zero-order chi connectivity index (χ0) is 18.7. The molecule has 1 N–H and O–H groups in total. The Morgan fingerprint density at radius 2 is 1.88 bits per heavy atom. The molecule has 2 aromatic rings. The fourth-order valence-corrected chi connectivity index (χ4v) is 3.41. The second kappa shape index (κ2) is 7.79. The van der Waals surface area contributed by atoms with Gasteiger partial charge in [0.05, 0.1) is 10.7 Å². The lowest BCUT2D eigenvalue weighted by molar-refractivity contribution is -0.139. The van der Waals surface area contributed by atoms with Gasteiger partial charge in [-0.1, -0.05) is 54.1 Å². The highest BCUT2D eigenvalue weighted by atomic mass is 35.5. The third-order valence-electron chi connectivity index (χ3n) is 4.68. The number of benzene rings is 2. The van der Waals surface area contributed by atoms with Gasteiger partial charge in [-0.05, 0) is 31.0 Å². The van der Waals surface area contributed by atoms with E-state index in [1.165, 1.54) is 0 Å². The number of nitrogens with zero attached hydrogens (tertiary/aromatic N) is 2. The smallest absolute Gasteiger partial charge is 0.322 e. The van der Waals surface area contributed by atoms with Crippen LogP contribution in [0.2, 0.25) is 5.02 Å². The number of rotatable bonds is 3. The minimum atomic E-state index is -0.518. The number of carbonyl (C=O) groups is 2. The van der Waals surface area contributed by atoms with Crippen molar-refractivity contribution >= 4 is 29.2 Å². The van der Waals surface area contributed by atoms with Crippen LogP contribution < -0.4 is 5.32 Å². The standard InChI is InChI=1S/C20H22ClN3O2/c1-14-7-6-10-17(21)18(14)22-20(26)24-12-11-23(19(25)15(24)2)13-16-8-4-3-5-9-16/h3-10,15H,11-13H2,1-2H3,(H,22,26)/t15-/m1/s1. The SMILES string of the molecule is Cc1cccc(Cl)c1NC(=O)N1CCN(Cc2ccccc2)C(=O)[C@H]1C. The van der Waals surface area contributed by atoms with Crippen molar-refractivity contribution in [3.05, 3.63) is 64.7 Å². The van der Waals surface area contributed by atoms with E-state index in [9.17, 15) is 9.59 Å². The predicted octanol–water partition coefficient (Wildman–Crippen LogP) is 3.91. The van der Waals surface area contributed by atoms with Crippen LogP contribution in [0.25, 0.3) is 0 Å². The van der Waals surface area contributed by atoms with Crippen molar-refractivity contribution in [1.82, 2.24) is 9.80 Å². The first kappa shape index (κ1) is 18.3. The molecule has 26 heavy (non-hydrogen) atoms. The van der Waals surface area contributed by atoms with Gasteiger partial charge in [-0.15, -0.1) is 0 Å². The zero-order valence-corrected chi connectivity index (χ0v) is 15.7. The summed E-state index contributed by atoms with van der Waals surface area (Å²) in [5.74, 6) is -0.0499. The normalized spacial score (nSPS) is 17.3. The van der Waals surface area contributed by atoms with Crippen LogP contribution in [0.4, 0.5) is 10.5 Å². The van der Waals surface area contributed by atoms with Crippen LogP contribution in [-0.2, 0) is 11.3 Å². The van der Waals surface area contributed by atoms with E-state index in [0.29, 0.717) is 30.3 Å². The number of hydrogen-bond acceptors (Lipinski definition) is 2. The fourth-order valence-electron chi connectivity index (χ4n) is 3.14. The molecule has 5 nitrogen and oxygen atoms in total. The second-order valence-corrected chi connectivity index (χ2v) is 6.88. The summed E-state index contributed by atoms with van der Waals surface area (Å²) in [6.45, 7) is 5.19. The van der Waals surface area contributed by atoms with Crippen LogP contribution >= 0.6 is 11.6 Å². The Kier molecular flexibility index (Phi) is 5.47. The Balaban J connectivity index is 1.67. The topological polar surface area (TPSA) is 52.7 Å². The monoisotopic (exact) mass is 371 g/mol. The van der Waals surface area contributed by atoms with E-state index in [4.69, 9.17) is 11.6 Å². The molecule has 1 saturated heterocycles. The summed E-state index contributed by atoms with van der Waals surface area (Å²) >= 11 is 6.18. The number of para-hydroxylation sites is 1. The lowest BCUT2D eigenvalue weighted by atomic mass is 10.1. The van der Waals surface area contributed by atoms with Gasteiger partial charge in [0.25, 0.3) is 0 Å². The lowest BCUT2D eigenvalue weighted by Gasteiger charge is -2.39. The first-order valence-corrected chi connectivity index (χ1v) is 9.00. The molecule has 1 atom stereocenters. The molecule has 0 unspecified atom stereocenters. The molecule has 3 amide bonds. The Morgan fingerprint density at radius 3 is 2.58 bits per heavy atom. The van der Waals surface area contributed by atoms with Gasteiger partial charge in [0, 0.05) is 19.6 Å². The quantitative estimate of drug-likeness (QED) is 0.889. The molecular weight excluding hydrogens is 350 g/mol. The van der Waals surface area contributed by atoms with Crippen LogP contribution in [0.15, 0.2) is 48.5 Å². The number of nitrogens with one attached hydrogen (secondary N) is 1. The first-order chi connectivity index (χ1) is 12.5. The molecule has 0 radical (unpaired) electrons. The van der Waals surface area contributed by atoms with Crippen LogP contribution in [0, 0.1) is 6.92 Å². The summed E-state index contributed by atoms with van der Waals surface area (Å²) in [6, 6.07) is 14.5. The van der Waals surface area contributed by atoms with Crippen molar-refractivity contribution < 1.29 is 9.59 Å². The average Bonchev–Trinajstić information content (AvgIpc) is 2.63. The van der Waals surface area contributed by atoms with Crippen molar-refractivity contribution in [2.75, 3.05) is 18.4 Å². The van der Waals surface area contributed by atoms with Gasteiger partial charge in [0.15, 0.2) is 0 Å². The van der Waals surface area contributed by atoms with Crippen molar-refractivity contribution in [1.29, 1.82) is 0 Å². The number of halogens is 1. The van der Waals surface area contributed by atoms with E-state index >= 15 is 0 Å². The van der Waals surface area contributed by atoms with Gasteiger partial charge in [-0.25, -0.2) is 4.79 Å². The largest absolute Gasteiger partial charge is 0.335 e. The van der Waals surface area contributed by atoms with Gasteiger partial charge in [-0.2, -0.15) is 0 Å². The molecule has 0 aromatic heterocycles. The van der Waals surface area contributed by atoms with Gasteiger partial charge in [0.2, 0.25) is 5.91 Å². The van der Waals surface area contributed by atoms with E-state index in [-0.39, 0.29) is 11.9 Å². The lowest BCUT2D eigenvalue weighted by Crippen LogP contribution is -2.58. The molecule has 2 aromatic carbocycles. The summed E-state index contributed by atoms with van der Waals surface area (Å²) in [5, 5.41) is 3.33. The average molecular weight is 372 g/mol. The van der Waals surface area contributed by atoms with Crippen LogP contribution in [0.5, 0.6) is 0 Å². The number of hydrogen-bond donors (Lipinski definition) is 1. The molecule has 1 fully saturated rings. The molecule has 136 valence electrons. The maximum absolute atomic E-state index is 12.7. The Hall–Kier alpha value is -2.53. The van der Waals surface area contributed by atoms with Crippen molar-refractivity contribution in [2.45, 2.75) is 26.4 Å². The van der Waals surface area contributed by atoms with E-state index in [0.717, 1.165) is 11.1 Å².